The lowest BCUT2D eigenvalue weighted by atomic mass is 10.4. The smallest absolute Gasteiger partial charge is 0.209 e. The van der Waals surface area contributed by atoms with Crippen molar-refractivity contribution >= 4 is 37.3 Å². The third-order valence-corrected chi connectivity index (χ3v) is 5.73. The zero-order valence-electron chi connectivity index (χ0n) is 8.08. The lowest BCUT2D eigenvalue weighted by molar-refractivity contribution is 0.584. The van der Waals surface area contributed by atoms with Gasteiger partial charge in [-0.1, -0.05) is 0 Å². The maximum absolute atomic E-state index is 11.7. The van der Waals surface area contributed by atoms with Crippen molar-refractivity contribution < 1.29 is 8.42 Å². The number of halogens is 1. The van der Waals surface area contributed by atoms with Crippen molar-refractivity contribution in [3.05, 3.63) is 15.4 Å². The van der Waals surface area contributed by atoms with Gasteiger partial charge in [-0.05, 0) is 34.5 Å². The summed E-state index contributed by atoms with van der Waals surface area (Å²) < 4.78 is 26.9. The summed E-state index contributed by atoms with van der Waals surface area (Å²) in [6.45, 7) is 2.12. The first-order valence-electron chi connectivity index (χ1n) is 4.16. The fraction of sp³-hybridized carbons (Fsp3) is 0.333. The first-order valence-corrected chi connectivity index (χ1v) is 7.25. The minimum Gasteiger partial charge on any atom is -0.209 e. The summed E-state index contributed by atoms with van der Waals surface area (Å²) in [5, 5.41) is 0. The molecule has 0 unspecified atom stereocenters. The van der Waals surface area contributed by atoms with Crippen LogP contribution >= 0.6 is 27.3 Å². The summed E-state index contributed by atoms with van der Waals surface area (Å²) in [6, 6.07) is 1.63. The fourth-order valence-corrected chi connectivity index (χ4v) is 4.19. The highest BCUT2D eigenvalue weighted by atomic mass is 79.9. The average molecular weight is 308 g/mol. The van der Waals surface area contributed by atoms with Crippen LogP contribution in [0.3, 0.4) is 0 Å². The van der Waals surface area contributed by atoms with Crippen LogP contribution in [0.15, 0.2) is 14.1 Å². The van der Waals surface area contributed by atoms with Gasteiger partial charge in [0.2, 0.25) is 10.0 Å². The van der Waals surface area contributed by atoms with Crippen LogP contribution in [0.5, 0.6) is 0 Å². The minimum atomic E-state index is -3.39. The molecule has 1 aromatic rings. The van der Waals surface area contributed by atoms with Crippen molar-refractivity contribution in [3.63, 3.8) is 0 Å². The molecule has 0 aliphatic heterocycles. The molecule has 0 aliphatic rings. The van der Waals surface area contributed by atoms with Crippen molar-refractivity contribution in [2.45, 2.75) is 17.6 Å². The monoisotopic (exact) mass is 307 g/mol. The SMILES string of the molecule is C#CCCNS(=O)(=O)c1cc(C)c(Br)s1. The quantitative estimate of drug-likeness (QED) is 0.684. The lowest BCUT2D eigenvalue weighted by Crippen LogP contribution is -2.23. The largest absolute Gasteiger partial charge is 0.250 e. The maximum atomic E-state index is 11.7. The van der Waals surface area contributed by atoms with Gasteiger partial charge in [-0.25, -0.2) is 13.1 Å². The predicted octanol–water partition coefficient (Wildman–Crippen LogP) is 2.12. The van der Waals surface area contributed by atoms with Crippen molar-refractivity contribution in [2.24, 2.45) is 0 Å². The number of thiophene rings is 1. The Morgan fingerprint density at radius 2 is 2.33 bits per heavy atom. The zero-order valence-corrected chi connectivity index (χ0v) is 11.3. The number of nitrogens with one attached hydrogen (secondary N) is 1. The molecule has 0 aliphatic carbocycles. The van der Waals surface area contributed by atoms with Gasteiger partial charge in [-0.3, -0.25) is 0 Å². The molecule has 1 aromatic heterocycles. The molecule has 0 fully saturated rings. The van der Waals surface area contributed by atoms with E-state index in [-0.39, 0.29) is 6.54 Å². The van der Waals surface area contributed by atoms with Crippen LogP contribution in [0.4, 0.5) is 0 Å². The molecule has 0 saturated heterocycles. The van der Waals surface area contributed by atoms with E-state index in [9.17, 15) is 8.42 Å². The van der Waals surface area contributed by atoms with E-state index in [0.29, 0.717) is 10.6 Å². The van der Waals surface area contributed by atoms with Gasteiger partial charge >= 0.3 is 0 Å². The van der Waals surface area contributed by atoms with Gasteiger partial charge in [-0.15, -0.1) is 23.7 Å². The Morgan fingerprint density at radius 1 is 1.67 bits per heavy atom. The van der Waals surface area contributed by atoms with E-state index < -0.39 is 10.0 Å². The number of aryl methyl sites for hydroxylation is 1. The Balaban J connectivity index is 2.83. The lowest BCUT2D eigenvalue weighted by Gasteiger charge is -2.01. The summed E-state index contributed by atoms with van der Waals surface area (Å²) in [5.74, 6) is 2.38. The van der Waals surface area contributed by atoms with Crippen LogP contribution in [-0.4, -0.2) is 15.0 Å². The molecule has 82 valence electrons. The van der Waals surface area contributed by atoms with Crippen LogP contribution in [0.1, 0.15) is 12.0 Å². The predicted molar refractivity (Wildman–Crippen MR) is 65.4 cm³/mol. The molecule has 15 heavy (non-hydrogen) atoms. The van der Waals surface area contributed by atoms with E-state index in [0.717, 1.165) is 9.35 Å². The third-order valence-electron chi connectivity index (χ3n) is 1.66. The Morgan fingerprint density at radius 3 is 2.80 bits per heavy atom. The Labute approximate surface area is 102 Å². The highest BCUT2D eigenvalue weighted by molar-refractivity contribution is 9.11. The van der Waals surface area contributed by atoms with Crippen LogP contribution in [0.2, 0.25) is 0 Å². The van der Waals surface area contributed by atoms with Crippen LogP contribution in [-0.2, 0) is 10.0 Å². The zero-order chi connectivity index (χ0) is 11.5. The number of hydrogen-bond donors (Lipinski definition) is 1. The molecule has 1 heterocycles. The van der Waals surface area contributed by atoms with Gasteiger partial charge in [-0.2, -0.15) is 0 Å². The van der Waals surface area contributed by atoms with Gasteiger partial charge in [0.25, 0.3) is 0 Å². The molecule has 3 nitrogen and oxygen atoms in total. The van der Waals surface area contributed by atoms with E-state index in [1.54, 1.807) is 6.07 Å². The second-order valence-electron chi connectivity index (χ2n) is 2.87. The van der Waals surface area contributed by atoms with Crippen molar-refractivity contribution in [1.29, 1.82) is 0 Å². The van der Waals surface area contributed by atoms with Gasteiger partial charge in [0, 0.05) is 13.0 Å². The van der Waals surface area contributed by atoms with Crippen molar-refractivity contribution in [2.75, 3.05) is 6.54 Å². The summed E-state index contributed by atoms with van der Waals surface area (Å²) in [7, 11) is -3.39. The van der Waals surface area contributed by atoms with Crippen LogP contribution in [0, 0.1) is 19.3 Å². The molecule has 1 rings (SSSR count). The maximum Gasteiger partial charge on any atom is 0.250 e. The first-order chi connectivity index (χ1) is 6.97. The molecular weight excluding hydrogens is 298 g/mol. The van der Waals surface area contributed by atoms with Gasteiger partial charge in [0.05, 0.1) is 3.79 Å². The molecule has 1 N–H and O–H groups in total. The first kappa shape index (κ1) is 12.7. The van der Waals surface area contributed by atoms with Crippen molar-refractivity contribution in [3.8, 4) is 12.3 Å². The Bertz CT molecular complexity index is 465. The van der Waals surface area contributed by atoms with Gasteiger partial charge in [0.1, 0.15) is 4.21 Å². The van der Waals surface area contributed by atoms with E-state index in [2.05, 4.69) is 26.6 Å². The summed E-state index contributed by atoms with van der Waals surface area (Å²) in [4.78, 5) is 0. The van der Waals surface area contributed by atoms with Crippen LogP contribution < -0.4 is 4.72 Å². The summed E-state index contributed by atoms with van der Waals surface area (Å²) in [5.41, 5.74) is 0.914. The molecule has 0 atom stereocenters. The Kier molecular flexibility index (Phi) is 4.34. The Hall–Kier alpha value is -0.350. The summed E-state index contributed by atoms with van der Waals surface area (Å²) >= 11 is 4.48. The molecule has 6 heteroatoms. The molecular formula is C9H10BrNO2S2. The topological polar surface area (TPSA) is 46.2 Å². The third kappa shape index (κ3) is 3.31. The normalized spacial score (nSPS) is 11.3. The van der Waals surface area contributed by atoms with Crippen LogP contribution in [0.25, 0.3) is 0 Å². The number of sulfonamides is 1. The highest BCUT2D eigenvalue weighted by Gasteiger charge is 2.17. The minimum absolute atomic E-state index is 0.271. The molecule has 0 spiro atoms. The fourth-order valence-electron chi connectivity index (χ4n) is 0.893. The van der Waals surface area contributed by atoms with Gasteiger partial charge in [0.15, 0.2) is 0 Å². The number of hydrogen-bond acceptors (Lipinski definition) is 3. The van der Waals surface area contributed by atoms with E-state index in [4.69, 9.17) is 6.42 Å². The average Bonchev–Trinajstić information content (AvgIpc) is 2.48. The molecule has 0 bridgehead atoms. The second kappa shape index (κ2) is 5.12. The van der Waals surface area contributed by atoms with Gasteiger partial charge < -0.3 is 0 Å². The molecule has 0 radical (unpaired) electrons. The number of terminal acetylenes is 1. The number of rotatable bonds is 4. The molecule has 0 amide bonds. The highest BCUT2D eigenvalue weighted by Crippen LogP contribution is 2.30. The molecule has 0 aromatic carbocycles. The standard InChI is InChI=1S/C9H10BrNO2S2/c1-3-4-5-11-15(12,13)8-6-7(2)9(10)14-8/h1,6,11H,4-5H2,2H3. The van der Waals surface area contributed by atoms with Crippen molar-refractivity contribution in [1.82, 2.24) is 4.72 Å². The molecule has 0 saturated carbocycles. The second-order valence-corrected chi connectivity index (χ2v) is 7.24. The van der Waals surface area contributed by atoms with E-state index in [1.165, 1.54) is 11.3 Å². The van der Waals surface area contributed by atoms with E-state index >= 15 is 0 Å². The van der Waals surface area contributed by atoms with E-state index in [1.807, 2.05) is 6.92 Å². The summed E-state index contributed by atoms with van der Waals surface area (Å²) in [6.07, 6.45) is 5.43.